The topological polar surface area (TPSA) is 58.6 Å². The summed E-state index contributed by atoms with van der Waals surface area (Å²) in [5.74, 6) is -2.17. The Kier molecular flexibility index (Phi) is 6.96. The maximum Gasteiger partial charge on any atom is 0.400 e. The molecule has 0 fully saturated rings. The fraction of sp³-hybridized carbons (Fsp3) is 0.333. The maximum atomic E-state index is 14.2. The van der Waals surface area contributed by atoms with Crippen LogP contribution in [-0.2, 0) is 22.1 Å². The SMILES string of the molecule is COC(O)c1ccccc1CNc1cc(S(=O)CC(F)(F)F)c(C)cc1F. The average Bonchev–Trinajstić information content (AvgIpc) is 2.59. The molecule has 0 heterocycles. The highest BCUT2D eigenvalue weighted by molar-refractivity contribution is 7.85. The molecule has 0 aliphatic heterocycles. The van der Waals surface area contributed by atoms with Crippen LogP contribution < -0.4 is 5.32 Å². The highest BCUT2D eigenvalue weighted by Crippen LogP contribution is 2.27. The molecule has 148 valence electrons. The summed E-state index contributed by atoms with van der Waals surface area (Å²) in [7, 11) is -1.01. The third kappa shape index (κ3) is 5.75. The highest BCUT2D eigenvalue weighted by atomic mass is 32.2. The van der Waals surface area contributed by atoms with Crippen LogP contribution in [0.25, 0.3) is 0 Å². The predicted molar refractivity (Wildman–Crippen MR) is 94.2 cm³/mol. The molecule has 0 saturated carbocycles. The number of benzene rings is 2. The van der Waals surface area contributed by atoms with E-state index in [1.165, 1.54) is 14.0 Å². The van der Waals surface area contributed by atoms with Crippen molar-refractivity contribution in [2.75, 3.05) is 18.2 Å². The van der Waals surface area contributed by atoms with E-state index >= 15 is 0 Å². The number of hydrogen-bond acceptors (Lipinski definition) is 4. The molecule has 0 aliphatic carbocycles. The van der Waals surface area contributed by atoms with Crippen molar-refractivity contribution in [1.82, 2.24) is 0 Å². The van der Waals surface area contributed by atoms with E-state index in [1.54, 1.807) is 24.3 Å². The second-order valence-corrected chi connectivity index (χ2v) is 7.26. The third-order valence-corrected chi connectivity index (χ3v) is 5.34. The molecule has 0 aromatic heterocycles. The number of halogens is 4. The Morgan fingerprint density at radius 2 is 1.93 bits per heavy atom. The van der Waals surface area contributed by atoms with Gasteiger partial charge in [-0.25, -0.2) is 4.39 Å². The number of aryl methyl sites for hydroxylation is 1. The van der Waals surface area contributed by atoms with Crippen LogP contribution in [0.1, 0.15) is 23.0 Å². The lowest BCUT2D eigenvalue weighted by Crippen LogP contribution is -2.19. The molecule has 9 heteroatoms. The molecule has 27 heavy (non-hydrogen) atoms. The second-order valence-electron chi connectivity index (χ2n) is 5.84. The van der Waals surface area contributed by atoms with Gasteiger partial charge in [0.05, 0.1) is 16.5 Å². The number of hydrogen-bond donors (Lipinski definition) is 2. The number of aliphatic hydroxyl groups excluding tert-OH is 1. The largest absolute Gasteiger partial charge is 0.400 e. The van der Waals surface area contributed by atoms with Gasteiger partial charge in [-0.2, -0.15) is 13.2 Å². The summed E-state index contributed by atoms with van der Waals surface area (Å²) >= 11 is 0. The zero-order valence-electron chi connectivity index (χ0n) is 14.6. The first kappa shape index (κ1) is 21.3. The van der Waals surface area contributed by atoms with E-state index in [0.717, 1.165) is 12.1 Å². The van der Waals surface area contributed by atoms with Gasteiger partial charge >= 0.3 is 6.18 Å². The van der Waals surface area contributed by atoms with Crippen LogP contribution in [0.5, 0.6) is 0 Å². The van der Waals surface area contributed by atoms with E-state index < -0.39 is 34.8 Å². The minimum atomic E-state index is -4.59. The standard InChI is InChI=1S/C18H19F4NO3S/c1-11-7-14(19)15(8-16(11)27(25)10-18(20,21)22)23-9-12-5-3-4-6-13(12)17(24)26-2/h3-8,17,23-24H,9-10H2,1-2H3. The monoisotopic (exact) mass is 405 g/mol. The minimum Gasteiger partial charge on any atom is -0.379 e. The Morgan fingerprint density at radius 1 is 1.26 bits per heavy atom. The molecule has 2 unspecified atom stereocenters. The number of nitrogens with one attached hydrogen (secondary N) is 1. The molecule has 4 nitrogen and oxygen atoms in total. The van der Waals surface area contributed by atoms with Gasteiger partial charge < -0.3 is 15.2 Å². The molecule has 2 rings (SSSR count). The summed E-state index contributed by atoms with van der Waals surface area (Å²) < 4.78 is 68.6. The van der Waals surface area contributed by atoms with E-state index in [-0.39, 0.29) is 22.7 Å². The first-order chi connectivity index (χ1) is 12.6. The smallest absolute Gasteiger partial charge is 0.379 e. The molecule has 0 saturated heterocycles. The zero-order chi connectivity index (χ0) is 20.2. The van der Waals surface area contributed by atoms with E-state index in [9.17, 15) is 26.9 Å². The fourth-order valence-corrected chi connectivity index (χ4v) is 3.63. The van der Waals surface area contributed by atoms with Crippen molar-refractivity contribution in [3.8, 4) is 0 Å². The normalized spacial score (nSPS) is 14.0. The number of methoxy groups -OCH3 is 1. The number of aliphatic hydroxyl groups is 1. The van der Waals surface area contributed by atoms with Crippen molar-refractivity contribution in [3.63, 3.8) is 0 Å². The number of rotatable bonds is 7. The molecule has 0 radical (unpaired) electrons. The van der Waals surface area contributed by atoms with Crippen LogP contribution in [0.4, 0.5) is 23.2 Å². The van der Waals surface area contributed by atoms with Gasteiger partial charge in [0.1, 0.15) is 11.6 Å². The van der Waals surface area contributed by atoms with Gasteiger partial charge in [0, 0.05) is 24.1 Å². The Balaban J connectivity index is 2.25. The molecule has 0 aliphatic rings. The lowest BCUT2D eigenvalue weighted by atomic mass is 10.1. The summed E-state index contributed by atoms with van der Waals surface area (Å²) in [5, 5.41) is 12.6. The van der Waals surface area contributed by atoms with Gasteiger partial charge in [-0.1, -0.05) is 24.3 Å². The van der Waals surface area contributed by atoms with Crippen molar-refractivity contribution in [1.29, 1.82) is 0 Å². The molecule has 2 aromatic rings. The van der Waals surface area contributed by atoms with Gasteiger partial charge in [0.25, 0.3) is 0 Å². The number of alkyl halides is 3. The van der Waals surface area contributed by atoms with Crippen molar-refractivity contribution >= 4 is 16.5 Å². The first-order valence-corrected chi connectivity index (χ1v) is 9.22. The Labute approximate surface area is 156 Å². The second kappa shape index (κ2) is 8.81. The van der Waals surface area contributed by atoms with Gasteiger partial charge in [-0.3, -0.25) is 4.21 Å². The quantitative estimate of drug-likeness (QED) is 0.539. The van der Waals surface area contributed by atoms with Gasteiger partial charge in [0.15, 0.2) is 6.29 Å². The van der Waals surface area contributed by atoms with Crippen molar-refractivity contribution in [2.24, 2.45) is 0 Å². The van der Waals surface area contributed by atoms with Crippen LogP contribution in [0.15, 0.2) is 41.3 Å². The van der Waals surface area contributed by atoms with E-state index in [0.29, 0.717) is 11.1 Å². The van der Waals surface area contributed by atoms with E-state index in [4.69, 9.17) is 4.74 Å². The molecule has 0 spiro atoms. The van der Waals surface area contributed by atoms with Gasteiger partial charge in [0.2, 0.25) is 0 Å². The van der Waals surface area contributed by atoms with Crippen LogP contribution in [-0.4, -0.2) is 28.4 Å². The minimum absolute atomic E-state index is 0.0761. The average molecular weight is 405 g/mol. The lowest BCUT2D eigenvalue weighted by molar-refractivity contribution is -0.105. The number of anilines is 1. The molecule has 0 bridgehead atoms. The molecule has 0 amide bonds. The zero-order valence-corrected chi connectivity index (χ0v) is 15.5. The summed E-state index contributed by atoms with van der Waals surface area (Å²) in [5.41, 5.74) is 1.19. The van der Waals surface area contributed by atoms with E-state index in [2.05, 4.69) is 5.32 Å². The molecule has 2 aromatic carbocycles. The highest BCUT2D eigenvalue weighted by Gasteiger charge is 2.31. The van der Waals surface area contributed by atoms with Crippen molar-refractivity contribution in [3.05, 3.63) is 58.9 Å². The van der Waals surface area contributed by atoms with Gasteiger partial charge in [-0.15, -0.1) is 0 Å². The molecular formula is C18H19F4NO3S. The molecule has 2 N–H and O–H groups in total. The predicted octanol–water partition coefficient (Wildman–Crippen LogP) is 4.05. The maximum absolute atomic E-state index is 14.2. The lowest BCUT2D eigenvalue weighted by Gasteiger charge is -2.16. The number of ether oxygens (including phenoxy) is 1. The summed E-state index contributed by atoms with van der Waals surface area (Å²) in [6, 6.07) is 8.92. The van der Waals surface area contributed by atoms with Crippen LogP contribution in [0, 0.1) is 12.7 Å². The van der Waals surface area contributed by atoms with Crippen LogP contribution in [0.2, 0.25) is 0 Å². The molecule has 2 atom stereocenters. The third-order valence-electron chi connectivity index (χ3n) is 3.82. The van der Waals surface area contributed by atoms with Crippen LogP contribution in [0.3, 0.4) is 0 Å². The summed E-state index contributed by atoms with van der Waals surface area (Å²) in [4.78, 5) is -0.0820. The van der Waals surface area contributed by atoms with Crippen molar-refractivity contribution in [2.45, 2.75) is 30.8 Å². The first-order valence-electron chi connectivity index (χ1n) is 7.90. The van der Waals surface area contributed by atoms with Crippen molar-refractivity contribution < 1.29 is 31.6 Å². The van der Waals surface area contributed by atoms with Gasteiger partial charge in [-0.05, 0) is 30.2 Å². The Bertz CT molecular complexity index is 827. The summed E-state index contributed by atoms with van der Waals surface area (Å²) in [6.07, 6.45) is -5.75. The van der Waals surface area contributed by atoms with Crippen LogP contribution >= 0.6 is 0 Å². The summed E-state index contributed by atoms with van der Waals surface area (Å²) in [6.45, 7) is 1.49. The van der Waals surface area contributed by atoms with E-state index in [1.807, 2.05) is 0 Å². The fourth-order valence-electron chi connectivity index (χ4n) is 2.51. The Hall–Kier alpha value is -1.97. The Morgan fingerprint density at radius 3 is 2.56 bits per heavy atom. The molecular weight excluding hydrogens is 386 g/mol.